The van der Waals surface area contributed by atoms with Crippen LogP contribution in [0.15, 0.2) is 23.0 Å². The van der Waals surface area contributed by atoms with Gasteiger partial charge >= 0.3 is 0 Å². The molecule has 1 N–H and O–H groups in total. The minimum atomic E-state index is -0.703. The molecular formula is C18H18F2N2O. The maximum Gasteiger partial charge on any atom is 0.272 e. The van der Waals surface area contributed by atoms with Gasteiger partial charge in [0, 0.05) is 0 Å². The van der Waals surface area contributed by atoms with Crippen LogP contribution in [-0.2, 0) is 0 Å². The highest BCUT2D eigenvalue weighted by Gasteiger charge is 2.42. The Morgan fingerprint density at radius 1 is 1.13 bits per heavy atom. The first-order valence-corrected chi connectivity index (χ1v) is 8.09. The Kier molecular flexibility index (Phi) is 3.32. The monoisotopic (exact) mass is 316 g/mol. The number of hydrogen-bond donors (Lipinski definition) is 1. The van der Waals surface area contributed by atoms with Crippen molar-refractivity contribution in [2.75, 3.05) is 0 Å². The summed E-state index contributed by atoms with van der Waals surface area (Å²) < 4.78 is 28.6. The van der Waals surface area contributed by atoms with Gasteiger partial charge in [-0.05, 0) is 61.6 Å². The lowest BCUT2D eigenvalue weighted by atomic mass is 9.80. The summed E-state index contributed by atoms with van der Waals surface area (Å²) in [6.45, 7) is 1.81. The second kappa shape index (κ2) is 5.25. The van der Waals surface area contributed by atoms with Crippen molar-refractivity contribution in [1.82, 2.24) is 10.2 Å². The van der Waals surface area contributed by atoms with Crippen molar-refractivity contribution in [3.63, 3.8) is 0 Å². The first-order valence-electron chi connectivity index (χ1n) is 8.09. The SMILES string of the molecule is Cc1n[nH]c(=O)c(-c2c(F)cccc2F)c1C1CC2CCC1C2. The Labute approximate surface area is 132 Å². The van der Waals surface area contributed by atoms with Crippen molar-refractivity contribution in [2.24, 2.45) is 11.8 Å². The Hall–Kier alpha value is -2.04. The summed E-state index contributed by atoms with van der Waals surface area (Å²) >= 11 is 0. The van der Waals surface area contributed by atoms with Crippen LogP contribution < -0.4 is 5.56 Å². The van der Waals surface area contributed by atoms with E-state index in [9.17, 15) is 13.6 Å². The third kappa shape index (κ3) is 2.21. The number of aromatic amines is 1. The molecule has 120 valence electrons. The number of nitrogens with one attached hydrogen (secondary N) is 1. The molecule has 0 radical (unpaired) electrons. The Morgan fingerprint density at radius 2 is 1.87 bits per heavy atom. The number of rotatable bonds is 2. The predicted molar refractivity (Wildman–Crippen MR) is 83.1 cm³/mol. The zero-order valence-corrected chi connectivity index (χ0v) is 12.9. The van der Waals surface area contributed by atoms with Gasteiger partial charge in [0.15, 0.2) is 0 Å². The summed E-state index contributed by atoms with van der Waals surface area (Å²) in [7, 11) is 0. The Morgan fingerprint density at radius 3 is 2.48 bits per heavy atom. The molecule has 2 aromatic rings. The molecule has 5 heteroatoms. The van der Waals surface area contributed by atoms with Gasteiger partial charge in [-0.1, -0.05) is 12.5 Å². The molecule has 3 nitrogen and oxygen atoms in total. The second-order valence-corrected chi connectivity index (χ2v) is 6.80. The van der Waals surface area contributed by atoms with Crippen molar-refractivity contribution < 1.29 is 8.78 Å². The van der Waals surface area contributed by atoms with E-state index in [4.69, 9.17) is 0 Å². The summed E-state index contributed by atoms with van der Waals surface area (Å²) in [4.78, 5) is 12.4. The molecule has 1 aromatic carbocycles. The molecule has 4 rings (SSSR count). The lowest BCUT2D eigenvalue weighted by molar-refractivity contribution is 0.417. The number of fused-ring (bicyclic) bond motifs is 2. The highest BCUT2D eigenvalue weighted by atomic mass is 19.1. The molecule has 0 aliphatic heterocycles. The average molecular weight is 316 g/mol. The van der Waals surface area contributed by atoms with Gasteiger partial charge in [0.2, 0.25) is 0 Å². The van der Waals surface area contributed by atoms with E-state index < -0.39 is 17.2 Å². The van der Waals surface area contributed by atoms with E-state index in [0.29, 0.717) is 17.5 Å². The minimum absolute atomic E-state index is 0.130. The lowest BCUT2D eigenvalue weighted by Gasteiger charge is -2.25. The number of H-pyrrole nitrogens is 1. The topological polar surface area (TPSA) is 45.8 Å². The van der Waals surface area contributed by atoms with Gasteiger partial charge < -0.3 is 0 Å². The van der Waals surface area contributed by atoms with E-state index >= 15 is 0 Å². The predicted octanol–water partition coefficient (Wildman–Crippen LogP) is 3.93. The van der Waals surface area contributed by atoms with Crippen LogP contribution in [0.1, 0.15) is 42.9 Å². The summed E-state index contributed by atoms with van der Waals surface area (Å²) in [6, 6.07) is 3.70. The van der Waals surface area contributed by atoms with Gasteiger partial charge in [-0.25, -0.2) is 13.9 Å². The number of hydrogen-bond acceptors (Lipinski definition) is 2. The fourth-order valence-corrected chi connectivity index (χ4v) is 4.59. The highest BCUT2D eigenvalue weighted by molar-refractivity contribution is 5.69. The van der Waals surface area contributed by atoms with Crippen LogP contribution >= 0.6 is 0 Å². The van der Waals surface area contributed by atoms with Crippen LogP contribution in [-0.4, -0.2) is 10.2 Å². The van der Waals surface area contributed by atoms with Crippen molar-refractivity contribution in [3.8, 4) is 11.1 Å². The van der Waals surface area contributed by atoms with Gasteiger partial charge in [-0.15, -0.1) is 0 Å². The first-order chi connectivity index (χ1) is 11.1. The van der Waals surface area contributed by atoms with Crippen LogP contribution in [0.3, 0.4) is 0 Å². The van der Waals surface area contributed by atoms with E-state index in [1.165, 1.54) is 24.6 Å². The van der Waals surface area contributed by atoms with Crippen LogP contribution in [0.2, 0.25) is 0 Å². The first kappa shape index (κ1) is 14.5. The van der Waals surface area contributed by atoms with Crippen molar-refractivity contribution in [1.29, 1.82) is 0 Å². The zero-order valence-electron chi connectivity index (χ0n) is 12.9. The third-order valence-electron chi connectivity index (χ3n) is 5.53. The summed E-state index contributed by atoms with van der Waals surface area (Å²) in [5.74, 6) is -0.0635. The molecule has 23 heavy (non-hydrogen) atoms. The van der Waals surface area contributed by atoms with Crippen LogP contribution in [0, 0.1) is 30.4 Å². The standard InChI is InChI=1S/C18H18F2N2O/c1-9-15(12-8-10-5-6-11(12)7-10)17(18(23)22-21-9)16-13(19)3-2-4-14(16)20/h2-4,10-12H,5-8H2,1H3,(H,22,23). The van der Waals surface area contributed by atoms with E-state index in [1.807, 2.05) is 0 Å². The summed E-state index contributed by atoms with van der Waals surface area (Å²) in [5, 5.41) is 6.46. The number of benzene rings is 1. The molecule has 3 unspecified atom stereocenters. The quantitative estimate of drug-likeness (QED) is 0.912. The smallest absolute Gasteiger partial charge is 0.267 e. The molecule has 0 amide bonds. The van der Waals surface area contributed by atoms with E-state index in [-0.39, 0.29) is 17.0 Å². The molecule has 0 spiro atoms. The maximum absolute atomic E-state index is 14.3. The molecule has 2 bridgehead atoms. The molecule has 2 saturated carbocycles. The zero-order chi connectivity index (χ0) is 16.1. The fourth-order valence-electron chi connectivity index (χ4n) is 4.59. The van der Waals surface area contributed by atoms with Crippen LogP contribution in [0.5, 0.6) is 0 Å². The maximum atomic E-state index is 14.3. The number of aryl methyl sites for hydroxylation is 1. The third-order valence-corrected chi connectivity index (χ3v) is 5.53. The lowest BCUT2D eigenvalue weighted by Crippen LogP contribution is -2.21. The average Bonchev–Trinajstić information content (AvgIpc) is 3.13. The minimum Gasteiger partial charge on any atom is -0.267 e. The highest BCUT2D eigenvalue weighted by Crippen LogP contribution is 2.54. The summed E-state index contributed by atoms with van der Waals surface area (Å²) in [6.07, 6.45) is 4.48. The summed E-state index contributed by atoms with van der Waals surface area (Å²) in [5.41, 5.74) is 0.796. The van der Waals surface area contributed by atoms with Gasteiger partial charge in [-0.2, -0.15) is 5.10 Å². The molecule has 3 atom stereocenters. The number of nitrogens with zero attached hydrogens (tertiary/aromatic N) is 1. The van der Waals surface area contributed by atoms with Crippen molar-refractivity contribution in [2.45, 2.75) is 38.5 Å². The Balaban J connectivity index is 1.97. The van der Waals surface area contributed by atoms with E-state index in [1.54, 1.807) is 6.92 Å². The number of halogens is 2. The molecule has 0 saturated heterocycles. The fraction of sp³-hybridized carbons (Fsp3) is 0.444. The molecule has 2 aliphatic carbocycles. The second-order valence-electron chi connectivity index (χ2n) is 6.80. The van der Waals surface area contributed by atoms with Gasteiger partial charge in [-0.3, -0.25) is 4.79 Å². The van der Waals surface area contributed by atoms with Crippen molar-refractivity contribution >= 4 is 0 Å². The normalized spacial score (nSPS) is 26.0. The van der Waals surface area contributed by atoms with Crippen molar-refractivity contribution in [3.05, 3.63) is 51.4 Å². The Bertz CT molecular complexity index is 810. The molecule has 2 aliphatic rings. The van der Waals surface area contributed by atoms with Gasteiger partial charge in [0.1, 0.15) is 11.6 Å². The van der Waals surface area contributed by atoms with E-state index in [2.05, 4.69) is 10.2 Å². The van der Waals surface area contributed by atoms with Crippen LogP contribution in [0.25, 0.3) is 11.1 Å². The van der Waals surface area contributed by atoms with Gasteiger partial charge in [0.05, 0.1) is 16.8 Å². The molecule has 1 aromatic heterocycles. The number of aromatic nitrogens is 2. The molecular weight excluding hydrogens is 298 g/mol. The van der Waals surface area contributed by atoms with Crippen LogP contribution in [0.4, 0.5) is 8.78 Å². The van der Waals surface area contributed by atoms with E-state index in [0.717, 1.165) is 24.8 Å². The largest absolute Gasteiger partial charge is 0.272 e. The molecule has 2 fully saturated rings. The molecule has 1 heterocycles. The van der Waals surface area contributed by atoms with Gasteiger partial charge in [0.25, 0.3) is 5.56 Å².